The van der Waals surface area contributed by atoms with Gasteiger partial charge in [0.05, 0.1) is 0 Å². The number of hydrogen-bond donors (Lipinski definition) is 0. The average Bonchev–Trinajstić information content (AvgIpc) is 2.26. The van der Waals surface area contributed by atoms with Crippen molar-refractivity contribution in [1.82, 2.24) is 0 Å². The van der Waals surface area contributed by atoms with E-state index in [9.17, 15) is 35.1 Å². The number of halogens is 8. The fourth-order valence-electron chi connectivity index (χ4n) is 2.00. The summed E-state index contributed by atoms with van der Waals surface area (Å²) in [6, 6.07) is 0. The smallest absolute Gasteiger partial charge is 0.232 e. The predicted molar refractivity (Wildman–Crippen MR) is 58.4 cm³/mol. The Labute approximate surface area is 111 Å². The van der Waals surface area contributed by atoms with Gasteiger partial charge in [0.15, 0.2) is 0 Å². The zero-order chi connectivity index (χ0) is 16.6. The van der Waals surface area contributed by atoms with Gasteiger partial charge in [-0.3, -0.25) is 0 Å². The summed E-state index contributed by atoms with van der Waals surface area (Å²) in [5.74, 6) is -5.91. The number of alkyl halides is 6. The molecule has 20 heavy (non-hydrogen) atoms. The van der Waals surface area contributed by atoms with Crippen LogP contribution in [0.4, 0.5) is 35.1 Å². The predicted octanol–water partition coefficient (Wildman–Crippen LogP) is 5.89. The average molecular weight is 312 g/mol. The van der Waals surface area contributed by atoms with Crippen molar-refractivity contribution in [1.29, 1.82) is 0 Å². The van der Waals surface area contributed by atoms with Crippen molar-refractivity contribution in [3.63, 3.8) is 0 Å². The van der Waals surface area contributed by atoms with Crippen LogP contribution in [0.5, 0.6) is 0 Å². The Kier molecular flexibility index (Phi) is 5.29. The topological polar surface area (TPSA) is 0 Å². The molecule has 0 aliphatic carbocycles. The van der Waals surface area contributed by atoms with Crippen molar-refractivity contribution in [2.75, 3.05) is 0 Å². The zero-order valence-corrected chi connectivity index (χ0v) is 11.4. The summed E-state index contributed by atoms with van der Waals surface area (Å²) >= 11 is 0. The first-order chi connectivity index (χ1) is 8.69. The van der Waals surface area contributed by atoms with Crippen LogP contribution in [0.2, 0.25) is 0 Å². The Balaban J connectivity index is 6.20. The maximum atomic E-state index is 14.1. The van der Waals surface area contributed by atoms with Gasteiger partial charge in [0.25, 0.3) is 6.08 Å². The van der Waals surface area contributed by atoms with Gasteiger partial charge < -0.3 is 0 Å². The normalized spacial score (nSPS) is 16.8. The first kappa shape index (κ1) is 19.2. The molecule has 0 aliphatic heterocycles. The fraction of sp³-hybridized carbons (Fsp3) is 0.833. The van der Waals surface area contributed by atoms with Crippen LogP contribution in [0.15, 0.2) is 11.7 Å². The molecule has 120 valence electrons. The van der Waals surface area contributed by atoms with Crippen molar-refractivity contribution in [3.05, 3.63) is 11.7 Å². The molecule has 0 spiro atoms. The van der Waals surface area contributed by atoms with Crippen LogP contribution in [0.3, 0.4) is 0 Å². The molecule has 0 N–H and O–H groups in total. The largest absolute Gasteiger partial charge is 0.457 e. The molecular weight excluding hydrogens is 296 g/mol. The van der Waals surface area contributed by atoms with E-state index < -0.39 is 34.8 Å². The van der Waals surface area contributed by atoms with Crippen LogP contribution in [0.25, 0.3) is 0 Å². The molecule has 0 nitrogen and oxygen atoms in total. The highest BCUT2D eigenvalue weighted by molar-refractivity contribution is 5.29. The van der Waals surface area contributed by atoms with Crippen LogP contribution in [0.1, 0.15) is 40.5 Å². The van der Waals surface area contributed by atoms with Crippen molar-refractivity contribution < 1.29 is 35.1 Å². The highest BCUT2D eigenvalue weighted by Gasteiger charge is 2.72. The Morgan fingerprint density at radius 1 is 0.800 bits per heavy atom. The van der Waals surface area contributed by atoms with Crippen molar-refractivity contribution in [3.8, 4) is 0 Å². The minimum atomic E-state index is -6.26. The Bertz CT molecular complexity index is 369. The van der Waals surface area contributed by atoms with Gasteiger partial charge in [0, 0.05) is 5.57 Å². The lowest BCUT2D eigenvalue weighted by atomic mass is 9.70. The van der Waals surface area contributed by atoms with E-state index in [0.29, 0.717) is 0 Å². The molecule has 0 amide bonds. The minimum absolute atomic E-state index is 0.154. The summed E-state index contributed by atoms with van der Waals surface area (Å²) in [6.07, 6.45) is -9.52. The molecule has 0 heterocycles. The Morgan fingerprint density at radius 3 is 1.35 bits per heavy atom. The molecule has 1 atom stereocenters. The monoisotopic (exact) mass is 312 g/mol. The van der Waals surface area contributed by atoms with E-state index in [-0.39, 0.29) is 19.8 Å². The lowest BCUT2D eigenvalue weighted by Gasteiger charge is -2.40. The van der Waals surface area contributed by atoms with Crippen molar-refractivity contribution in [2.24, 2.45) is 5.41 Å². The van der Waals surface area contributed by atoms with Crippen LogP contribution in [0, 0.1) is 5.41 Å². The molecule has 0 bridgehead atoms. The standard InChI is InChI=1S/C12H16F8/c1-5-9(3,6-2)7(8(13)14)10(4,15)11(16,17)12(18,19)20/h5-6H2,1-4H3. The summed E-state index contributed by atoms with van der Waals surface area (Å²) in [5.41, 5.74) is -8.11. The summed E-state index contributed by atoms with van der Waals surface area (Å²) in [5, 5.41) is 0. The number of rotatable bonds is 5. The van der Waals surface area contributed by atoms with Crippen LogP contribution < -0.4 is 0 Å². The van der Waals surface area contributed by atoms with Gasteiger partial charge in [-0.25, -0.2) is 4.39 Å². The van der Waals surface area contributed by atoms with E-state index in [1.807, 2.05) is 0 Å². The first-order valence-electron chi connectivity index (χ1n) is 5.88. The van der Waals surface area contributed by atoms with Gasteiger partial charge in [-0.1, -0.05) is 20.8 Å². The maximum Gasteiger partial charge on any atom is 0.457 e. The molecular formula is C12H16F8. The SMILES string of the molecule is CCC(C)(CC)C(=C(F)F)C(C)(F)C(F)(F)C(F)(F)F. The molecule has 0 aromatic carbocycles. The van der Waals surface area contributed by atoms with Crippen molar-refractivity contribution >= 4 is 0 Å². The second-order valence-electron chi connectivity index (χ2n) is 4.98. The quantitative estimate of drug-likeness (QED) is 0.555. The summed E-state index contributed by atoms with van der Waals surface area (Å²) < 4.78 is 103. The fourth-order valence-corrected chi connectivity index (χ4v) is 2.00. The lowest BCUT2D eigenvalue weighted by molar-refractivity contribution is -0.319. The van der Waals surface area contributed by atoms with E-state index in [2.05, 4.69) is 0 Å². The van der Waals surface area contributed by atoms with Gasteiger partial charge >= 0.3 is 12.1 Å². The minimum Gasteiger partial charge on any atom is -0.232 e. The number of allylic oxidation sites excluding steroid dienone is 1. The number of hydrogen-bond acceptors (Lipinski definition) is 0. The van der Waals surface area contributed by atoms with Crippen molar-refractivity contribution in [2.45, 2.75) is 58.3 Å². The maximum absolute atomic E-state index is 14.1. The molecule has 0 aromatic heterocycles. The second kappa shape index (κ2) is 5.52. The molecule has 0 saturated heterocycles. The van der Waals surface area contributed by atoms with E-state index in [0.717, 1.165) is 6.92 Å². The van der Waals surface area contributed by atoms with E-state index in [4.69, 9.17) is 0 Å². The zero-order valence-electron chi connectivity index (χ0n) is 11.4. The van der Waals surface area contributed by atoms with Gasteiger partial charge in [-0.2, -0.15) is 30.7 Å². The summed E-state index contributed by atoms with van der Waals surface area (Å²) in [6.45, 7) is 3.51. The molecule has 1 unspecified atom stereocenters. The van der Waals surface area contributed by atoms with Crippen LogP contribution in [-0.2, 0) is 0 Å². The van der Waals surface area contributed by atoms with Crippen LogP contribution >= 0.6 is 0 Å². The molecule has 0 aromatic rings. The third-order valence-corrected chi connectivity index (χ3v) is 3.77. The molecule has 0 aliphatic rings. The lowest BCUT2D eigenvalue weighted by Crippen LogP contribution is -2.56. The van der Waals surface area contributed by atoms with E-state index in [1.54, 1.807) is 0 Å². The molecule has 0 saturated carbocycles. The van der Waals surface area contributed by atoms with Gasteiger partial charge in [0.1, 0.15) is 0 Å². The highest BCUT2D eigenvalue weighted by Crippen LogP contribution is 2.55. The third-order valence-electron chi connectivity index (χ3n) is 3.77. The third kappa shape index (κ3) is 2.93. The molecule has 0 fully saturated rings. The summed E-state index contributed by atoms with van der Waals surface area (Å²) in [7, 11) is 0. The highest BCUT2D eigenvalue weighted by atomic mass is 19.4. The molecule has 0 rings (SSSR count). The van der Waals surface area contributed by atoms with Gasteiger partial charge in [-0.15, -0.1) is 0 Å². The molecule has 8 heteroatoms. The van der Waals surface area contributed by atoms with E-state index >= 15 is 0 Å². The van der Waals surface area contributed by atoms with Gasteiger partial charge in [-0.05, 0) is 25.2 Å². The van der Waals surface area contributed by atoms with Crippen LogP contribution in [-0.4, -0.2) is 17.8 Å². The van der Waals surface area contributed by atoms with E-state index in [1.165, 1.54) is 13.8 Å². The summed E-state index contributed by atoms with van der Waals surface area (Å²) in [4.78, 5) is 0. The van der Waals surface area contributed by atoms with Gasteiger partial charge in [0.2, 0.25) is 5.67 Å². The first-order valence-corrected chi connectivity index (χ1v) is 5.88. The molecule has 0 radical (unpaired) electrons. The second-order valence-corrected chi connectivity index (χ2v) is 4.98. The Morgan fingerprint density at radius 2 is 1.15 bits per heavy atom. The Hall–Kier alpha value is -0.820.